The summed E-state index contributed by atoms with van der Waals surface area (Å²) in [6.07, 6.45) is 0.944. The number of ether oxygens (including phenoxy) is 1. The van der Waals surface area contributed by atoms with Crippen LogP contribution in [-0.2, 0) is 14.4 Å². The van der Waals surface area contributed by atoms with Crippen LogP contribution in [0.3, 0.4) is 0 Å². The van der Waals surface area contributed by atoms with Crippen LogP contribution in [-0.4, -0.2) is 46.0 Å². The van der Waals surface area contributed by atoms with Gasteiger partial charge in [-0.2, -0.15) is 0 Å². The molecular formula is C15H17N3O5. The first-order valence-corrected chi connectivity index (χ1v) is 7.27. The fourth-order valence-corrected chi connectivity index (χ4v) is 2.92. The lowest BCUT2D eigenvalue weighted by molar-refractivity contribution is -0.160. The number of benzene rings is 1. The maximum Gasteiger partial charge on any atom is 0.326 e. The minimum atomic E-state index is -1.80. The molecule has 0 saturated carbocycles. The highest BCUT2D eigenvalue weighted by Gasteiger charge is 2.52. The number of carboxylic acid groups (broad SMARTS) is 1. The van der Waals surface area contributed by atoms with E-state index in [1.807, 2.05) is 0 Å². The Hall–Kier alpha value is -2.77. The molecule has 1 aromatic rings. The number of aliphatic carboxylic acids is 1. The van der Waals surface area contributed by atoms with Crippen molar-refractivity contribution in [3.8, 4) is 5.75 Å². The van der Waals surface area contributed by atoms with Gasteiger partial charge in [-0.1, -0.05) is 0 Å². The average Bonchev–Trinajstić information content (AvgIpc) is 2.97. The molecule has 0 aromatic heterocycles. The monoisotopic (exact) mass is 319 g/mol. The molecule has 2 aliphatic rings. The van der Waals surface area contributed by atoms with Gasteiger partial charge < -0.3 is 25.8 Å². The fraction of sp³-hybridized carbons (Fsp3) is 0.400. The number of carboxylic acids is 1. The van der Waals surface area contributed by atoms with Crippen molar-refractivity contribution in [3.63, 3.8) is 0 Å². The molecule has 2 amide bonds. The zero-order chi connectivity index (χ0) is 16.8. The van der Waals surface area contributed by atoms with Gasteiger partial charge in [0.1, 0.15) is 11.8 Å². The molecule has 8 nitrogen and oxygen atoms in total. The Bertz CT molecular complexity index is 704. The number of nitrogens with one attached hydrogen (secondary N) is 1. The topological polar surface area (TPSA) is 122 Å². The molecule has 2 heterocycles. The van der Waals surface area contributed by atoms with Gasteiger partial charge in [-0.05, 0) is 38.0 Å². The van der Waals surface area contributed by atoms with E-state index in [0.717, 1.165) is 0 Å². The molecule has 4 N–H and O–H groups in total. The second-order valence-corrected chi connectivity index (χ2v) is 5.84. The first kappa shape index (κ1) is 15.1. The Morgan fingerprint density at radius 3 is 2.91 bits per heavy atom. The fourth-order valence-electron chi connectivity index (χ4n) is 2.92. The number of likely N-dealkylation sites (tertiary alicyclic amines) is 1. The molecule has 1 fully saturated rings. The predicted molar refractivity (Wildman–Crippen MR) is 80.9 cm³/mol. The summed E-state index contributed by atoms with van der Waals surface area (Å²) in [4.78, 5) is 37.6. The van der Waals surface area contributed by atoms with Crippen LogP contribution < -0.4 is 15.8 Å². The average molecular weight is 319 g/mol. The van der Waals surface area contributed by atoms with E-state index in [0.29, 0.717) is 30.0 Å². The Kier molecular flexibility index (Phi) is 3.39. The smallest absolute Gasteiger partial charge is 0.326 e. The third kappa shape index (κ3) is 2.36. The van der Waals surface area contributed by atoms with Gasteiger partial charge in [-0.25, -0.2) is 4.79 Å². The molecule has 23 heavy (non-hydrogen) atoms. The molecule has 1 aromatic carbocycles. The van der Waals surface area contributed by atoms with Crippen molar-refractivity contribution in [2.24, 2.45) is 0 Å². The first-order valence-electron chi connectivity index (χ1n) is 7.27. The van der Waals surface area contributed by atoms with E-state index in [1.165, 1.54) is 17.9 Å². The second-order valence-electron chi connectivity index (χ2n) is 5.84. The van der Waals surface area contributed by atoms with E-state index in [1.54, 1.807) is 12.1 Å². The van der Waals surface area contributed by atoms with Gasteiger partial charge in [0.2, 0.25) is 0 Å². The van der Waals surface area contributed by atoms with Crippen molar-refractivity contribution in [2.45, 2.75) is 31.4 Å². The standard InChI is InChI=1S/C15H17N3O5/c1-15(14(22)18-6-2-3-10(18)12(19)20)13(21)17-9-7-8(16)4-5-11(9)23-15/h4-5,7,10H,2-3,6,16H2,1H3,(H,17,21)(H,19,20)/t10-,15-/m0/s1. The number of rotatable bonds is 2. The van der Waals surface area contributed by atoms with Crippen molar-refractivity contribution in [1.29, 1.82) is 0 Å². The van der Waals surface area contributed by atoms with Crippen molar-refractivity contribution in [3.05, 3.63) is 18.2 Å². The predicted octanol–water partition coefficient (Wildman–Crippen LogP) is 0.434. The minimum absolute atomic E-state index is 0.288. The molecule has 0 aliphatic carbocycles. The van der Waals surface area contributed by atoms with E-state index >= 15 is 0 Å². The molecule has 0 spiro atoms. The van der Waals surface area contributed by atoms with Gasteiger partial charge in [0.25, 0.3) is 17.4 Å². The highest BCUT2D eigenvalue weighted by atomic mass is 16.5. The summed E-state index contributed by atoms with van der Waals surface area (Å²) >= 11 is 0. The van der Waals surface area contributed by atoms with E-state index in [9.17, 15) is 19.5 Å². The van der Waals surface area contributed by atoms with Gasteiger partial charge in [0.05, 0.1) is 5.69 Å². The van der Waals surface area contributed by atoms with Gasteiger partial charge >= 0.3 is 5.97 Å². The van der Waals surface area contributed by atoms with Gasteiger partial charge in [0.15, 0.2) is 0 Å². The molecule has 2 aliphatic heterocycles. The van der Waals surface area contributed by atoms with Crippen LogP contribution in [0.1, 0.15) is 19.8 Å². The van der Waals surface area contributed by atoms with Crippen LogP contribution in [0.5, 0.6) is 5.75 Å². The zero-order valence-corrected chi connectivity index (χ0v) is 12.5. The molecule has 8 heteroatoms. The summed E-state index contributed by atoms with van der Waals surface area (Å²) in [6, 6.07) is 3.77. The number of nitrogens with zero attached hydrogens (tertiary/aromatic N) is 1. The summed E-state index contributed by atoms with van der Waals surface area (Å²) in [7, 11) is 0. The lowest BCUT2D eigenvalue weighted by Gasteiger charge is -2.36. The maximum atomic E-state index is 12.8. The van der Waals surface area contributed by atoms with Crippen LogP contribution in [0.25, 0.3) is 0 Å². The van der Waals surface area contributed by atoms with Gasteiger partial charge in [-0.3, -0.25) is 9.59 Å². The molecule has 122 valence electrons. The molecule has 0 radical (unpaired) electrons. The van der Waals surface area contributed by atoms with Crippen molar-refractivity contribution >= 4 is 29.2 Å². The van der Waals surface area contributed by atoms with E-state index in [2.05, 4.69) is 5.32 Å². The normalized spacial score (nSPS) is 26.2. The Morgan fingerprint density at radius 1 is 1.48 bits per heavy atom. The Balaban J connectivity index is 1.92. The van der Waals surface area contributed by atoms with Crippen LogP contribution in [0.4, 0.5) is 11.4 Å². The van der Waals surface area contributed by atoms with Crippen LogP contribution >= 0.6 is 0 Å². The van der Waals surface area contributed by atoms with Crippen LogP contribution in [0.15, 0.2) is 18.2 Å². The highest BCUT2D eigenvalue weighted by molar-refractivity contribution is 6.16. The van der Waals surface area contributed by atoms with Gasteiger partial charge in [0, 0.05) is 12.2 Å². The first-order chi connectivity index (χ1) is 10.8. The zero-order valence-electron chi connectivity index (χ0n) is 12.5. The molecular weight excluding hydrogens is 302 g/mol. The molecule has 0 bridgehead atoms. The largest absolute Gasteiger partial charge is 0.480 e. The lowest BCUT2D eigenvalue weighted by Crippen LogP contribution is -2.61. The number of hydrogen-bond donors (Lipinski definition) is 3. The van der Waals surface area contributed by atoms with Crippen molar-refractivity contribution in [1.82, 2.24) is 4.90 Å². The minimum Gasteiger partial charge on any atom is -0.480 e. The summed E-state index contributed by atoms with van der Waals surface area (Å²) in [5.41, 5.74) is 4.69. The van der Waals surface area contributed by atoms with E-state index < -0.39 is 29.4 Å². The van der Waals surface area contributed by atoms with E-state index in [-0.39, 0.29) is 6.54 Å². The van der Waals surface area contributed by atoms with Crippen molar-refractivity contribution < 1.29 is 24.2 Å². The summed E-state index contributed by atoms with van der Waals surface area (Å²) in [6.45, 7) is 1.64. The summed E-state index contributed by atoms with van der Waals surface area (Å²) in [5, 5.41) is 11.8. The Morgan fingerprint density at radius 2 is 2.22 bits per heavy atom. The quantitative estimate of drug-likeness (QED) is 0.537. The number of anilines is 2. The molecule has 1 saturated heterocycles. The number of nitrogens with two attached hydrogens (primary N) is 1. The third-order valence-electron chi connectivity index (χ3n) is 4.21. The van der Waals surface area contributed by atoms with Crippen molar-refractivity contribution in [2.75, 3.05) is 17.6 Å². The maximum absolute atomic E-state index is 12.8. The van der Waals surface area contributed by atoms with Gasteiger partial charge in [-0.15, -0.1) is 0 Å². The number of nitrogen functional groups attached to an aromatic ring is 1. The number of carbonyl (C=O) groups is 3. The summed E-state index contributed by atoms with van der Waals surface area (Å²) < 4.78 is 5.64. The van der Waals surface area contributed by atoms with Crippen LogP contribution in [0.2, 0.25) is 0 Å². The number of fused-ring (bicyclic) bond motifs is 1. The Labute approximate surface area is 132 Å². The number of hydrogen-bond acceptors (Lipinski definition) is 5. The number of carbonyl (C=O) groups excluding carboxylic acids is 2. The van der Waals surface area contributed by atoms with Crippen LogP contribution in [0, 0.1) is 0 Å². The SMILES string of the molecule is C[C@]1(C(=O)N2CCC[C@H]2C(=O)O)Oc2ccc(N)cc2NC1=O. The number of amides is 2. The molecule has 3 rings (SSSR count). The lowest BCUT2D eigenvalue weighted by atomic mass is 10.00. The second kappa shape index (κ2) is 5.15. The van der Waals surface area contributed by atoms with E-state index in [4.69, 9.17) is 10.5 Å². The molecule has 0 unspecified atom stereocenters. The summed E-state index contributed by atoms with van der Waals surface area (Å²) in [5.74, 6) is -2.05. The molecule has 2 atom stereocenters. The third-order valence-corrected chi connectivity index (χ3v) is 4.21. The highest BCUT2D eigenvalue weighted by Crippen LogP contribution is 2.36.